The van der Waals surface area contributed by atoms with Gasteiger partial charge in [-0.25, -0.2) is 0 Å². The molecule has 0 aliphatic heterocycles. The van der Waals surface area contributed by atoms with Crippen LogP contribution in [0.5, 0.6) is 0 Å². The maximum absolute atomic E-state index is 10.0. The third-order valence-corrected chi connectivity index (χ3v) is 9.41. The van der Waals surface area contributed by atoms with Gasteiger partial charge in [0.1, 0.15) is 0 Å². The Hall–Kier alpha value is 0.715. The summed E-state index contributed by atoms with van der Waals surface area (Å²) in [5, 5.41) is 10.0. The van der Waals surface area contributed by atoms with Gasteiger partial charge in [0, 0.05) is 0 Å². The summed E-state index contributed by atoms with van der Waals surface area (Å²) >= 11 is -0.678. The first kappa shape index (κ1) is 9.72. The molecule has 0 fully saturated rings. The zero-order chi connectivity index (χ0) is 7.28. The van der Waals surface area contributed by atoms with Crippen molar-refractivity contribution in [2.24, 2.45) is 0 Å². The van der Waals surface area contributed by atoms with Crippen molar-refractivity contribution in [3.05, 3.63) is 0 Å². The van der Waals surface area contributed by atoms with Crippen molar-refractivity contribution in [2.75, 3.05) is 5.75 Å². The molecule has 0 unspecified atom stereocenters. The van der Waals surface area contributed by atoms with Crippen molar-refractivity contribution in [1.29, 1.82) is 0 Å². The van der Waals surface area contributed by atoms with Crippen molar-refractivity contribution in [3.8, 4) is 0 Å². The van der Waals surface area contributed by atoms with Gasteiger partial charge in [-0.3, -0.25) is 0 Å². The van der Waals surface area contributed by atoms with Crippen LogP contribution in [0.2, 0.25) is 4.43 Å². The molecule has 0 radical (unpaired) electrons. The molecule has 1 atom stereocenters. The summed E-state index contributed by atoms with van der Waals surface area (Å²) in [4.78, 5) is 10.0. The summed E-state index contributed by atoms with van der Waals surface area (Å²) < 4.78 is 2.20. The second-order valence-corrected chi connectivity index (χ2v) is 14.5. The van der Waals surface area contributed by atoms with E-state index in [1.165, 1.54) is 0 Å². The van der Waals surface area contributed by atoms with Gasteiger partial charge in [0.2, 0.25) is 0 Å². The molecule has 0 amide bonds. The van der Waals surface area contributed by atoms with Crippen LogP contribution in [0, 0.1) is 0 Å². The molecule has 5 heteroatoms. The molecule has 0 aromatic carbocycles. The predicted molar refractivity (Wildman–Crippen MR) is 30.0 cm³/mol. The Morgan fingerprint density at radius 1 is 2.00 bits per heavy atom. The van der Waals surface area contributed by atoms with Gasteiger partial charge in [0.25, 0.3) is 0 Å². The quantitative estimate of drug-likeness (QED) is 0.612. The van der Waals surface area contributed by atoms with Crippen molar-refractivity contribution < 1.29 is 38.7 Å². The normalized spacial score (nSPS) is 12.2. The molecule has 9 heavy (non-hydrogen) atoms. The first-order chi connectivity index (χ1) is 4.18. The zero-order valence-electron chi connectivity index (χ0n) is 5.42. The van der Waals surface area contributed by atoms with Crippen LogP contribution in [0.25, 0.3) is 0 Å². The fourth-order valence-corrected chi connectivity index (χ4v) is 7.05. The maximum atomic E-state index is 10.0. The SMILES string of the molecule is [CH3][Hg][S]C[C@H]([NH3+])C(=O)[O-]. The van der Waals surface area contributed by atoms with E-state index in [9.17, 15) is 9.90 Å². The minimum absolute atomic E-state index is 0.505. The van der Waals surface area contributed by atoms with Crippen LogP contribution < -0.4 is 10.8 Å². The Kier molecular flexibility index (Phi) is 5.93. The fraction of sp³-hybridized carbons (Fsp3) is 0.750. The van der Waals surface area contributed by atoms with Crippen LogP contribution in [0.3, 0.4) is 0 Å². The van der Waals surface area contributed by atoms with Crippen LogP contribution in [0.1, 0.15) is 0 Å². The second kappa shape index (κ2) is 5.50. The third kappa shape index (κ3) is 5.17. The molecular formula is C4H9HgNO2S. The number of hydrogen-bond acceptors (Lipinski definition) is 3. The molecule has 0 rings (SSSR count). The molecule has 0 bridgehead atoms. The van der Waals surface area contributed by atoms with E-state index in [4.69, 9.17) is 0 Å². The molecule has 0 spiro atoms. The molecule has 0 heterocycles. The van der Waals surface area contributed by atoms with Crippen LogP contribution in [0.15, 0.2) is 0 Å². The summed E-state index contributed by atoms with van der Waals surface area (Å²) in [5.41, 5.74) is 3.43. The van der Waals surface area contributed by atoms with Gasteiger partial charge in [-0.1, -0.05) is 0 Å². The molecule has 0 saturated carbocycles. The zero-order valence-corrected chi connectivity index (χ0v) is 11.7. The van der Waals surface area contributed by atoms with Crippen LogP contribution in [-0.4, -0.2) is 17.8 Å². The first-order valence-electron chi connectivity index (χ1n) is 2.80. The van der Waals surface area contributed by atoms with Gasteiger partial charge in [-0.15, -0.1) is 0 Å². The van der Waals surface area contributed by atoms with Gasteiger partial charge in [-0.05, 0) is 0 Å². The van der Waals surface area contributed by atoms with Gasteiger partial charge < -0.3 is 0 Å². The Balaban J connectivity index is 3.27. The Morgan fingerprint density at radius 2 is 2.56 bits per heavy atom. The van der Waals surface area contributed by atoms with Gasteiger partial charge >= 0.3 is 69.1 Å². The van der Waals surface area contributed by atoms with Gasteiger partial charge in [0.05, 0.1) is 0 Å². The summed E-state index contributed by atoms with van der Waals surface area (Å²) in [6.45, 7) is 0. The number of carbonyl (C=O) groups excluding carboxylic acids is 1. The Morgan fingerprint density at radius 3 is 2.89 bits per heavy atom. The summed E-state index contributed by atoms with van der Waals surface area (Å²) in [5.74, 6) is -0.371. The fourth-order valence-electron chi connectivity index (χ4n) is 0.328. The van der Waals surface area contributed by atoms with E-state index in [-0.39, 0.29) is 0 Å². The van der Waals surface area contributed by atoms with Gasteiger partial charge in [0.15, 0.2) is 0 Å². The summed E-state index contributed by atoms with van der Waals surface area (Å²) in [6.07, 6.45) is 0. The molecule has 3 N–H and O–H groups in total. The van der Waals surface area contributed by atoms with E-state index in [0.717, 1.165) is 0 Å². The van der Waals surface area contributed by atoms with Crippen molar-refractivity contribution in [3.63, 3.8) is 0 Å². The van der Waals surface area contributed by atoms with E-state index in [1.807, 2.05) is 0 Å². The summed E-state index contributed by atoms with van der Waals surface area (Å²) in [7, 11) is 1.78. The molecule has 50 valence electrons. The van der Waals surface area contributed by atoms with E-state index >= 15 is 0 Å². The number of quaternary nitrogens is 1. The molecule has 0 saturated heterocycles. The predicted octanol–water partition coefficient (Wildman–Crippen LogP) is -1.87. The first-order valence-corrected chi connectivity index (χ1v) is 16.2. The topological polar surface area (TPSA) is 67.8 Å². The standard InChI is InChI=1S/C3H7NO2S.CH3.Hg/c4-2(1-7)3(5)6;;/h2,7H,1,4H2,(H,5,6);1H3;/q;;+1/p-1/t2-;;/m0../s1. The molecule has 0 aromatic rings. The number of rotatable bonds is 4. The molecule has 3 nitrogen and oxygen atoms in total. The minimum atomic E-state index is -1.02. The molecular weight excluding hydrogens is 327 g/mol. The average molecular weight is 336 g/mol. The molecule has 0 aliphatic carbocycles. The van der Waals surface area contributed by atoms with Crippen LogP contribution in [-0.2, 0) is 27.9 Å². The van der Waals surface area contributed by atoms with E-state index in [0.29, 0.717) is 5.75 Å². The van der Waals surface area contributed by atoms with Crippen molar-refractivity contribution >= 4 is 14.2 Å². The molecule has 0 aromatic heterocycles. The molecule has 0 aliphatic rings. The van der Waals surface area contributed by atoms with Gasteiger partial charge in [-0.2, -0.15) is 0 Å². The Labute approximate surface area is 68.9 Å². The van der Waals surface area contributed by atoms with Crippen LogP contribution >= 0.6 is 8.24 Å². The Bertz CT molecular complexity index is 101. The number of hydrogen-bond donors (Lipinski definition) is 1. The number of carboxylic acids is 1. The number of carboxylic acid groups (broad SMARTS) is 1. The monoisotopic (exact) mass is 337 g/mol. The van der Waals surface area contributed by atoms with E-state index in [2.05, 4.69) is 10.2 Å². The average Bonchev–Trinajstić information content (AvgIpc) is 1.82. The number of carbonyl (C=O) groups is 1. The van der Waals surface area contributed by atoms with E-state index < -0.39 is 35.1 Å². The second-order valence-electron chi connectivity index (χ2n) is 1.68. The number of aliphatic carboxylic acids is 1. The van der Waals surface area contributed by atoms with Crippen molar-refractivity contribution in [2.45, 2.75) is 10.5 Å². The third-order valence-electron chi connectivity index (χ3n) is 0.856. The van der Waals surface area contributed by atoms with E-state index in [1.54, 1.807) is 8.24 Å². The van der Waals surface area contributed by atoms with Crippen LogP contribution in [0.4, 0.5) is 0 Å². The summed E-state index contributed by atoms with van der Waals surface area (Å²) in [6, 6.07) is -0.505. The van der Waals surface area contributed by atoms with Crippen molar-refractivity contribution in [1.82, 2.24) is 0 Å².